The number of benzene rings is 1. The topological polar surface area (TPSA) is 16.6 Å². The van der Waals surface area contributed by atoms with E-state index in [0.717, 1.165) is 0 Å². The van der Waals surface area contributed by atoms with Gasteiger partial charge in [-0.2, -0.15) is 0 Å². The summed E-state index contributed by atoms with van der Waals surface area (Å²) in [5.74, 6) is 0. The van der Waals surface area contributed by atoms with E-state index < -0.39 is 0 Å². The van der Waals surface area contributed by atoms with Crippen LogP contribution in [0.2, 0.25) is 0 Å². The maximum atomic E-state index is 2.52. The standard InChI is InChI=1S/C14H21N/c1-11-7-8-13(10-12(11)2)14-6-4-3-5-9-15-14/h7-8,10,14-15H,3-6,9H2,1-2H3/p+1/t14-/m0/s1. The second-order valence-electron chi connectivity index (χ2n) is 4.82. The monoisotopic (exact) mass is 204 g/mol. The van der Waals surface area contributed by atoms with E-state index in [1.807, 2.05) is 0 Å². The Hall–Kier alpha value is -0.820. The van der Waals surface area contributed by atoms with Crippen molar-refractivity contribution in [2.75, 3.05) is 6.54 Å². The zero-order valence-electron chi connectivity index (χ0n) is 9.92. The zero-order valence-corrected chi connectivity index (χ0v) is 9.92. The van der Waals surface area contributed by atoms with Gasteiger partial charge in [-0.25, -0.2) is 0 Å². The molecule has 1 fully saturated rings. The molecular weight excluding hydrogens is 182 g/mol. The molecule has 1 aromatic rings. The Morgan fingerprint density at radius 3 is 2.73 bits per heavy atom. The van der Waals surface area contributed by atoms with Crippen molar-refractivity contribution in [3.05, 3.63) is 34.9 Å². The fourth-order valence-electron chi connectivity index (χ4n) is 2.42. The smallest absolute Gasteiger partial charge is 0.112 e. The minimum absolute atomic E-state index is 0.715. The third kappa shape index (κ3) is 2.60. The quantitative estimate of drug-likeness (QED) is 0.724. The molecule has 0 bridgehead atoms. The fourth-order valence-corrected chi connectivity index (χ4v) is 2.42. The molecule has 0 amide bonds. The Morgan fingerprint density at radius 1 is 1.07 bits per heavy atom. The molecule has 1 aliphatic heterocycles. The lowest BCUT2D eigenvalue weighted by atomic mass is 9.98. The highest BCUT2D eigenvalue weighted by Crippen LogP contribution is 2.20. The molecule has 1 saturated heterocycles. The Labute approximate surface area is 92.9 Å². The van der Waals surface area contributed by atoms with Crippen molar-refractivity contribution in [3.63, 3.8) is 0 Å². The molecule has 0 radical (unpaired) electrons. The van der Waals surface area contributed by atoms with Crippen LogP contribution in [0, 0.1) is 13.8 Å². The van der Waals surface area contributed by atoms with Crippen LogP contribution < -0.4 is 5.32 Å². The van der Waals surface area contributed by atoms with Gasteiger partial charge in [-0.3, -0.25) is 0 Å². The molecule has 1 aromatic carbocycles. The maximum absolute atomic E-state index is 2.52. The van der Waals surface area contributed by atoms with Crippen molar-refractivity contribution in [2.24, 2.45) is 0 Å². The third-order valence-electron chi connectivity index (χ3n) is 3.63. The van der Waals surface area contributed by atoms with E-state index in [2.05, 4.69) is 37.4 Å². The van der Waals surface area contributed by atoms with E-state index in [0.29, 0.717) is 6.04 Å². The van der Waals surface area contributed by atoms with Crippen LogP contribution in [0.5, 0.6) is 0 Å². The van der Waals surface area contributed by atoms with Gasteiger partial charge in [-0.1, -0.05) is 12.1 Å². The van der Waals surface area contributed by atoms with Gasteiger partial charge in [0.1, 0.15) is 6.04 Å². The van der Waals surface area contributed by atoms with Crippen LogP contribution in [0.25, 0.3) is 0 Å². The lowest BCUT2D eigenvalue weighted by molar-refractivity contribution is -0.694. The van der Waals surface area contributed by atoms with Crippen molar-refractivity contribution in [2.45, 2.75) is 45.6 Å². The maximum Gasteiger partial charge on any atom is 0.112 e. The van der Waals surface area contributed by atoms with Crippen LogP contribution in [0.15, 0.2) is 18.2 Å². The number of rotatable bonds is 1. The van der Waals surface area contributed by atoms with E-state index in [1.165, 1.54) is 48.9 Å². The average Bonchev–Trinajstić information content (AvgIpc) is 2.50. The number of nitrogens with two attached hydrogens (primary N) is 1. The largest absolute Gasteiger partial charge is 0.340 e. The zero-order chi connectivity index (χ0) is 10.7. The summed E-state index contributed by atoms with van der Waals surface area (Å²) in [6, 6.07) is 7.67. The van der Waals surface area contributed by atoms with E-state index in [-0.39, 0.29) is 0 Å². The molecule has 1 nitrogen and oxygen atoms in total. The Bertz CT molecular complexity index is 322. The average molecular weight is 204 g/mol. The normalized spacial score (nSPS) is 22.4. The Morgan fingerprint density at radius 2 is 1.93 bits per heavy atom. The van der Waals surface area contributed by atoms with Crippen LogP contribution in [0.1, 0.15) is 48.4 Å². The number of hydrogen-bond acceptors (Lipinski definition) is 0. The van der Waals surface area contributed by atoms with Crippen LogP contribution in [0.4, 0.5) is 0 Å². The number of hydrogen-bond donors (Lipinski definition) is 1. The van der Waals surface area contributed by atoms with Crippen LogP contribution in [-0.2, 0) is 0 Å². The second-order valence-corrected chi connectivity index (χ2v) is 4.82. The molecule has 1 aliphatic rings. The molecule has 0 unspecified atom stereocenters. The van der Waals surface area contributed by atoms with Gasteiger partial charge in [0.2, 0.25) is 0 Å². The molecule has 2 rings (SSSR count). The summed E-state index contributed by atoms with van der Waals surface area (Å²) in [5, 5.41) is 2.52. The highest BCUT2D eigenvalue weighted by molar-refractivity contribution is 5.30. The summed E-state index contributed by atoms with van der Waals surface area (Å²) in [7, 11) is 0. The van der Waals surface area contributed by atoms with Gasteiger partial charge in [0.25, 0.3) is 0 Å². The summed E-state index contributed by atoms with van der Waals surface area (Å²) in [6.45, 7) is 5.71. The lowest BCUT2D eigenvalue weighted by Crippen LogP contribution is -2.84. The van der Waals surface area contributed by atoms with E-state index in [1.54, 1.807) is 0 Å². The van der Waals surface area contributed by atoms with Crippen LogP contribution in [-0.4, -0.2) is 6.54 Å². The van der Waals surface area contributed by atoms with Crippen molar-refractivity contribution in [1.29, 1.82) is 0 Å². The molecule has 0 spiro atoms. The van der Waals surface area contributed by atoms with Gasteiger partial charge >= 0.3 is 0 Å². The Kier molecular flexibility index (Phi) is 3.42. The van der Waals surface area contributed by atoms with Crippen molar-refractivity contribution in [1.82, 2.24) is 0 Å². The van der Waals surface area contributed by atoms with Crippen molar-refractivity contribution < 1.29 is 5.32 Å². The Balaban J connectivity index is 2.16. The first kappa shape index (κ1) is 10.7. The molecule has 0 saturated carbocycles. The van der Waals surface area contributed by atoms with Crippen molar-refractivity contribution >= 4 is 0 Å². The van der Waals surface area contributed by atoms with Gasteiger partial charge in [-0.15, -0.1) is 0 Å². The first-order chi connectivity index (χ1) is 7.27. The van der Waals surface area contributed by atoms with Crippen LogP contribution in [0.3, 0.4) is 0 Å². The van der Waals surface area contributed by atoms with Gasteiger partial charge in [-0.05, 0) is 50.3 Å². The number of quaternary nitrogens is 1. The predicted octanol–water partition coefficient (Wildman–Crippen LogP) is 2.48. The summed E-state index contributed by atoms with van der Waals surface area (Å²) in [4.78, 5) is 0. The third-order valence-corrected chi connectivity index (χ3v) is 3.63. The predicted molar refractivity (Wildman–Crippen MR) is 63.9 cm³/mol. The first-order valence-electron chi connectivity index (χ1n) is 6.18. The van der Waals surface area contributed by atoms with Gasteiger partial charge in [0.05, 0.1) is 6.54 Å². The van der Waals surface area contributed by atoms with Crippen molar-refractivity contribution in [3.8, 4) is 0 Å². The van der Waals surface area contributed by atoms with E-state index in [9.17, 15) is 0 Å². The van der Waals surface area contributed by atoms with E-state index >= 15 is 0 Å². The molecule has 15 heavy (non-hydrogen) atoms. The fraction of sp³-hybridized carbons (Fsp3) is 0.571. The van der Waals surface area contributed by atoms with E-state index in [4.69, 9.17) is 0 Å². The molecule has 82 valence electrons. The van der Waals surface area contributed by atoms with Crippen LogP contribution >= 0.6 is 0 Å². The van der Waals surface area contributed by atoms with Gasteiger partial charge < -0.3 is 5.32 Å². The minimum Gasteiger partial charge on any atom is -0.340 e. The highest BCUT2D eigenvalue weighted by Gasteiger charge is 2.17. The summed E-state index contributed by atoms with van der Waals surface area (Å²) < 4.78 is 0. The minimum atomic E-state index is 0.715. The van der Waals surface area contributed by atoms with Gasteiger partial charge in [0.15, 0.2) is 0 Å². The summed E-state index contributed by atoms with van der Waals surface area (Å²) in [5.41, 5.74) is 4.37. The summed E-state index contributed by atoms with van der Waals surface area (Å²) in [6.07, 6.45) is 5.55. The molecular formula is C14H22N+. The molecule has 0 aromatic heterocycles. The second kappa shape index (κ2) is 4.80. The molecule has 1 heterocycles. The summed E-state index contributed by atoms with van der Waals surface area (Å²) >= 11 is 0. The molecule has 1 heteroatoms. The SMILES string of the molecule is Cc1ccc([C@@H]2CCCCC[NH2+]2)cc1C. The highest BCUT2D eigenvalue weighted by atomic mass is 14.9. The molecule has 0 aliphatic carbocycles. The first-order valence-corrected chi connectivity index (χ1v) is 6.18. The molecule has 1 atom stereocenters. The number of aryl methyl sites for hydroxylation is 2. The lowest BCUT2D eigenvalue weighted by Gasteiger charge is -2.14. The molecule has 2 N–H and O–H groups in total. The van der Waals surface area contributed by atoms with Gasteiger partial charge in [0, 0.05) is 12.0 Å².